The van der Waals surface area contributed by atoms with Gasteiger partial charge in [-0.1, -0.05) is 23.8 Å². The number of fused-ring (bicyclic) bond motifs is 1. The van der Waals surface area contributed by atoms with Crippen LogP contribution in [0, 0.1) is 6.92 Å². The minimum absolute atomic E-state index is 0.00180. The average Bonchev–Trinajstić information content (AvgIpc) is 3.41. The van der Waals surface area contributed by atoms with Gasteiger partial charge in [0.15, 0.2) is 5.82 Å². The van der Waals surface area contributed by atoms with Crippen LogP contribution in [-0.2, 0) is 11.3 Å². The first-order chi connectivity index (χ1) is 14.2. The van der Waals surface area contributed by atoms with E-state index in [4.69, 9.17) is 19.8 Å². The molecule has 4 heterocycles. The zero-order valence-corrected chi connectivity index (χ0v) is 16.9. The molecule has 0 radical (unpaired) electrons. The van der Waals surface area contributed by atoms with E-state index in [0.29, 0.717) is 19.2 Å². The Morgan fingerprint density at radius 3 is 2.79 bits per heavy atom. The number of ether oxygens (including phenoxy) is 1. The minimum atomic E-state index is -0.00180. The Morgan fingerprint density at radius 1 is 1.14 bits per heavy atom. The van der Waals surface area contributed by atoms with Crippen molar-refractivity contribution in [1.82, 2.24) is 19.7 Å². The van der Waals surface area contributed by atoms with Crippen LogP contribution in [0.3, 0.4) is 0 Å². The summed E-state index contributed by atoms with van der Waals surface area (Å²) in [5, 5.41) is 14.3. The maximum atomic E-state index is 9.59. The Labute approximate surface area is 172 Å². The van der Waals surface area contributed by atoms with Crippen molar-refractivity contribution in [3.63, 3.8) is 0 Å². The summed E-state index contributed by atoms with van der Waals surface area (Å²) in [5.41, 5.74) is 3.97. The molecule has 0 saturated carbocycles. The average molecular weight is 407 g/mol. The molecule has 1 aromatic carbocycles. The van der Waals surface area contributed by atoms with Crippen LogP contribution < -0.4 is 4.90 Å². The lowest BCUT2D eigenvalue weighted by molar-refractivity contribution is 0.122. The summed E-state index contributed by atoms with van der Waals surface area (Å²) in [6, 6.07) is 12.2. The van der Waals surface area contributed by atoms with Crippen LogP contribution in [0.1, 0.15) is 10.4 Å². The second-order valence-corrected chi connectivity index (χ2v) is 8.18. The molecule has 29 heavy (non-hydrogen) atoms. The molecule has 0 atom stereocenters. The van der Waals surface area contributed by atoms with Gasteiger partial charge in [-0.2, -0.15) is 10.1 Å². The number of nitrogens with zero attached hydrogens (tertiary/aromatic N) is 5. The third-order valence-electron chi connectivity index (χ3n) is 4.97. The quantitative estimate of drug-likeness (QED) is 0.560. The fourth-order valence-electron chi connectivity index (χ4n) is 3.52. The normalized spacial score (nSPS) is 14.6. The molecule has 0 bridgehead atoms. The van der Waals surface area contributed by atoms with Crippen molar-refractivity contribution in [2.75, 3.05) is 31.2 Å². The van der Waals surface area contributed by atoms with Gasteiger partial charge in [0.25, 0.3) is 5.95 Å². The van der Waals surface area contributed by atoms with Crippen LogP contribution in [0.4, 0.5) is 5.82 Å². The van der Waals surface area contributed by atoms with Crippen LogP contribution in [0.2, 0.25) is 0 Å². The second kappa shape index (κ2) is 7.55. The van der Waals surface area contributed by atoms with E-state index in [1.54, 1.807) is 4.68 Å². The van der Waals surface area contributed by atoms with Crippen LogP contribution in [-0.4, -0.2) is 51.2 Å². The molecule has 0 spiro atoms. The van der Waals surface area contributed by atoms with Gasteiger partial charge in [0, 0.05) is 29.7 Å². The molecule has 0 amide bonds. The summed E-state index contributed by atoms with van der Waals surface area (Å²) >= 11 is 1.54. The summed E-state index contributed by atoms with van der Waals surface area (Å²) in [4.78, 5) is 12.7. The van der Waals surface area contributed by atoms with Crippen LogP contribution >= 0.6 is 11.3 Å². The number of anilines is 1. The molecule has 8 heteroatoms. The molecule has 1 N–H and O–H groups in total. The number of morpholine rings is 1. The van der Waals surface area contributed by atoms with Gasteiger partial charge < -0.3 is 14.7 Å². The maximum absolute atomic E-state index is 9.59. The van der Waals surface area contributed by atoms with Crippen LogP contribution in [0.5, 0.6) is 0 Å². The highest BCUT2D eigenvalue weighted by atomic mass is 32.1. The third-order valence-corrected chi connectivity index (χ3v) is 6.07. The van der Waals surface area contributed by atoms with Crippen LogP contribution in [0.25, 0.3) is 27.4 Å². The zero-order chi connectivity index (χ0) is 19.8. The van der Waals surface area contributed by atoms with Crippen molar-refractivity contribution in [2.45, 2.75) is 13.5 Å². The van der Waals surface area contributed by atoms with Crippen molar-refractivity contribution in [1.29, 1.82) is 0 Å². The summed E-state index contributed by atoms with van der Waals surface area (Å²) in [6.07, 6.45) is 1.89. The van der Waals surface area contributed by atoms with E-state index in [2.05, 4.69) is 30.0 Å². The highest BCUT2D eigenvalue weighted by Crippen LogP contribution is 2.33. The Bertz CT molecular complexity index is 1160. The molecule has 0 aliphatic carbocycles. The van der Waals surface area contributed by atoms with Gasteiger partial charge in [0.1, 0.15) is 0 Å². The van der Waals surface area contributed by atoms with E-state index in [1.807, 2.05) is 24.4 Å². The van der Waals surface area contributed by atoms with E-state index >= 15 is 0 Å². The van der Waals surface area contributed by atoms with Crippen LogP contribution in [0.15, 0.2) is 42.6 Å². The first-order valence-corrected chi connectivity index (χ1v) is 10.4. The molecular weight excluding hydrogens is 386 g/mol. The van der Waals surface area contributed by atoms with Gasteiger partial charge in [0.2, 0.25) is 0 Å². The SMILES string of the molecule is Cc1cccc(-c2ccn(-c3nc(N4CCOCC4)c4sc(CO)cc4n3)n2)c1. The van der Waals surface area contributed by atoms with Gasteiger partial charge in [0.05, 0.1) is 35.7 Å². The number of aliphatic hydroxyl groups is 1. The molecule has 7 nitrogen and oxygen atoms in total. The third kappa shape index (κ3) is 3.50. The van der Waals surface area contributed by atoms with E-state index in [0.717, 1.165) is 45.3 Å². The van der Waals surface area contributed by atoms with Crippen molar-refractivity contribution >= 4 is 27.4 Å². The summed E-state index contributed by atoms with van der Waals surface area (Å²) in [5.74, 6) is 1.41. The molecule has 5 rings (SSSR count). The zero-order valence-electron chi connectivity index (χ0n) is 16.1. The number of aryl methyl sites for hydroxylation is 1. The fourth-order valence-corrected chi connectivity index (χ4v) is 4.49. The maximum Gasteiger partial charge on any atom is 0.253 e. The summed E-state index contributed by atoms with van der Waals surface area (Å²) in [7, 11) is 0. The molecule has 4 aromatic rings. The predicted molar refractivity (Wildman–Crippen MR) is 114 cm³/mol. The molecule has 3 aromatic heterocycles. The monoisotopic (exact) mass is 407 g/mol. The lowest BCUT2D eigenvalue weighted by Crippen LogP contribution is -2.37. The van der Waals surface area contributed by atoms with E-state index < -0.39 is 0 Å². The van der Waals surface area contributed by atoms with Crippen molar-refractivity contribution < 1.29 is 9.84 Å². The summed E-state index contributed by atoms with van der Waals surface area (Å²) in [6.45, 7) is 4.99. The van der Waals surface area contributed by atoms with Gasteiger partial charge >= 0.3 is 0 Å². The smallest absolute Gasteiger partial charge is 0.253 e. The lowest BCUT2D eigenvalue weighted by atomic mass is 10.1. The van der Waals surface area contributed by atoms with Gasteiger partial charge in [-0.3, -0.25) is 0 Å². The Balaban J connectivity index is 1.60. The Hall–Kier alpha value is -2.81. The van der Waals surface area contributed by atoms with Crippen molar-refractivity contribution in [2.24, 2.45) is 0 Å². The van der Waals surface area contributed by atoms with Crippen molar-refractivity contribution in [3.8, 4) is 17.2 Å². The summed E-state index contributed by atoms with van der Waals surface area (Å²) < 4.78 is 8.21. The minimum Gasteiger partial charge on any atom is -0.391 e. The lowest BCUT2D eigenvalue weighted by Gasteiger charge is -2.28. The van der Waals surface area contributed by atoms with E-state index in [1.165, 1.54) is 16.9 Å². The number of aliphatic hydroxyl groups excluding tert-OH is 1. The van der Waals surface area contributed by atoms with E-state index in [9.17, 15) is 5.11 Å². The van der Waals surface area contributed by atoms with Gasteiger partial charge in [-0.05, 0) is 25.1 Å². The highest BCUT2D eigenvalue weighted by Gasteiger charge is 2.20. The number of benzene rings is 1. The molecule has 1 aliphatic rings. The van der Waals surface area contributed by atoms with Crippen molar-refractivity contribution in [3.05, 3.63) is 53.0 Å². The number of hydrogen-bond acceptors (Lipinski definition) is 7. The molecule has 148 valence electrons. The predicted octanol–water partition coefficient (Wildman–Crippen LogP) is 3.18. The standard InChI is InChI=1S/C21H21N5O2S/c1-14-3-2-4-15(11-14)17-5-6-26(24-17)21-22-18-12-16(13-27)29-19(18)20(23-21)25-7-9-28-10-8-25/h2-6,11-12,27H,7-10,13H2,1H3. The first-order valence-electron chi connectivity index (χ1n) is 9.58. The topological polar surface area (TPSA) is 76.3 Å². The Kier molecular flexibility index (Phi) is 4.75. The van der Waals surface area contributed by atoms with E-state index in [-0.39, 0.29) is 6.61 Å². The first kappa shape index (κ1) is 18.2. The fraction of sp³-hybridized carbons (Fsp3) is 0.286. The highest BCUT2D eigenvalue weighted by molar-refractivity contribution is 7.19. The molecule has 1 aliphatic heterocycles. The number of hydrogen-bond donors (Lipinski definition) is 1. The number of rotatable bonds is 4. The van der Waals surface area contributed by atoms with Gasteiger partial charge in [-0.15, -0.1) is 11.3 Å². The molecular formula is C21H21N5O2S. The Morgan fingerprint density at radius 2 is 2.00 bits per heavy atom. The van der Waals surface area contributed by atoms with Gasteiger partial charge in [-0.25, -0.2) is 9.67 Å². The number of thiophene rings is 1. The second-order valence-electron chi connectivity index (χ2n) is 7.05. The number of aromatic nitrogens is 4. The molecule has 1 saturated heterocycles. The molecule has 1 fully saturated rings. The molecule has 0 unspecified atom stereocenters. The largest absolute Gasteiger partial charge is 0.391 e.